The number of sulfonamides is 1. The first-order valence-electron chi connectivity index (χ1n) is 13.2. The molecule has 5 rings (SSSR count). The van der Waals surface area contributed by atoms with E-state index >= 15 is 0 Å². The number of ether oxygens (including phenoxy) is 1. The van der Waals surface area contributed by atoms with Gasteiger partial charge in [0.1, 0.15) is 11.8 Å². The van der Waals surface area contributed by atoms with E-state index in [0.29, 0.717) is 33.5 Å². The van der Waals surface area contributed by atoms with Crippen molar-refractivity contribution in [3.8, 4) is 5.75 Å². The van der Waals surface area contributed by atoms with Crippen molar-refractivity contribution in [3.05, 3.63) is 81.8 Å². The van der Waals surface area contributed by atoms with Crippen molar-refractivity contribution in [1.29, 1.82) is 0 Å². The predicted molar refractivity (Wildman–Crippen MR) is 148 cm³/mol. The van der Waals surface area contributed by atoms with Gasteiger partial charge in [-0.15, -0.1) is 5.10 Å². The topological polar surface area (TPSA) is 126 Å². The maximum Gasteiger partial charge on any atom is 0.433 e. The molecule has 47 heavy (non-hydrogen) atoms. The molecule has 1 saturated heterocycles. The molecular formula is C26H20F8N6O5S2. The Labute approximate surface area is 263 Å². The number of amides is 1. The second kappa shape index (κ2) is 12.7. The van der Waals surface area contributed by atoms with Crippen LogP contribution in [0.3, 0.4) is 0 Å². The van der Waals surface area contributed by atoms with E-state index < -0.39 is 80.7 Å². The zero-order valence-electron chi connectivity index (χ0n) is 23.3. The van der Waals surface area contributed by atoms with E-state index in [4.69, 9.17) is 0 Å². The fraction of sp³-hybridized carbons (Fsp3) is 0.308. The molecule has 1 aliphatic rings. The van der Waals surface area contributed by atoms with Gasteiger partial charge in [0.25, 0.3) is 5.56 Å². The Balaban J connectivity index is 1.44. The molecule has 4 aromatic rings. The van der Waals surface area contributed by atoms with Crippen molar-refractivity contribution in [1.82, 2.24) is 24.2 Å². The number of piperazine rings is 1. The number of nitrogens with one attached hydrogen (secondary N) is 1. The molecule has 1 amide bonds. The Morgan fingerprint density at radius 1 is 1.00 bits per heavy atom. The molecule has 0 saturated carbocycles. The highest BCUT2D eigenvalue weighted by molar-refractivity contribution is 7.89. The van der Waals surface area contributed by atoms with E-state index in [1.165, 1.54) is 29.2 Å². The fourth-order valence-corrected chi connectivity index (χ4v) is 7.07. The number of carbonyl (C=O) groups is 1. The van der Waals surface area contributed by atoms with Crippen molar-refractivity contribution >= 4 is 37.4 Å². The fourth-order valence-electron chi connectivity index (χ4n) is 4.56. The van der Waals surface area contributed by atoms with Crippen LogP contribution in [0.1, 0.15) is 16.8 Å². The minimum absolute atomic E-state index is 0.0621. The summed E-state index contributed by atoms with van der Waals surface area (Å²) in [5, 5.41) is 6.46. The summed E-state index contributed by atoms with van der Waals surface area (Å²) < 4.78 is 137. The van der Waals surface area contributed by atoms with Crippen molar-refractivity contribution in [2.45, 2.75) is 36.4 Å². The van der Waals surface area contributed by atoms with Gasteiger partial charge in [-0.2, -0.15) is 43.9 Å². The molecule has 0 unspecified atom stereocenters. The third-order valence-electron chi connectivity index (χ3n) is 6.83. The summed E-state index contributed by atoms with van der Waals surface area (Å²) in [6, 6.07) is 6.48. The zero-order chi connectivity index (χ0) is 34.3. The molecule has 1 atom stereocenters. The van der Waals surface area contributed by atoms with Gasteiger partial charge in [-0.05, 0) is 42.0 Å². The normalized spacial score (nSPS) is 16.5. The van der Waals surface area contributed by atoms with Gasteiger partial charge in [0, 0.05) is 32.2 Å². The molecule has 1 N–H and O–H groups in total. The average molecular weight is 713 g/mol. The molecule has 1 fully saturated rings. The van der Waals surface area contributed by atoms with Gasteiger partial charge in [0.15, 0.2) is 5.69 Å². The molecule has 0 aliphatic carbocycles. The lowest BCUT2D eigenvalue weighted by Gasteiger charge is -2.39. The van der Waals surface area contributed by atoms with Crippen LogP contribution in [0.4, 0.5) is 40.3 Å². The maximum atomic E-state index is 13.6. The summed E-state index contributed by atoms with van der Waals surface area (Å²) in [6.45, 7) is -4.32. The van der Waals surface area contributed by atoms with Crippen molar-refractivity contribution in [2.75, 3.05) is 24.5 Å². The van der Waals surface area contributed by atoms with Gasteiger partial charge in [0.05, 0.1) is 10.5 Å². The van der Waals surface area contributed by atoms with E-state index in [9.17, 15) is 53.1 Å². The number of hydrogen-bond acceptors (Lipinski definition) is 9. The molecule has 0 bridgehead atoms. The van der Waals surface area contributed by atoms with Gasteiger partial charge in [-0.1, -0.05) is 23.5 Å². The van der Waals surface area contributed by atoms with Crippen LogP contribution in [0.25, 0.3) is 4.96 Å². The first kappa shape index (κ1) is 34.0. The van der Waals surface area contributed by atoms with Crippen LogP contribution in [0.15, 0.2) is 64.3 Å². The molecule has 2 aromatic heterocycles. The molecule has 2 aromatic carbocycles. The van der Waals surface area contributed by atoms with Crippen LogP contribution in [-0.2, 0) is 33.7 Å². The Kier molecular flexibility index (Phi) is 9.16. The summed E-state index contributed by atoms with van der Waals surface area (Å²) in [7, 11) is -4.60. The van der Waals surface area contributed by atoms with Crippen LogP contribution >= 0.6 is 11.3 Å². The van der Waals surface area contributed by atoms with Crippen LogP contribution in [0.5, 0.6) is 5.75 Å². The zero-order valence-corrected chi connectivity index (χ0v) is 24.9. The van der Waals surface area contributed by atoms with Gasteiger partial charge in [0.2, 0.25) is 26.0 Å². The first-order valence-corrected chi connectivity index (χ1v) is 15.4. The molecule has 11 nitrogen and oxygen atoms in total. The third-order valence-corrected chi connectivity index (χ3v) is 9.72. The Bertz CT molecular complexity index is 1930. The monoisotopic (exact) mass is 712 g/mol. The van der Waals surface area contributed by atoms with E-state index in [1.54, 1.807) is 0 Å². The Hall–Kier alpha value is -4.37. The quantitative estimate of drug-likeness (QED) is 0.272. The second-order valence-electron chi connectivity index (χ2n) is 9.90. The summed E-state index contributed by atoms with van der Waals surface area (Å²) in [5.74, 6) is -1.03. The number of fused-ring (bicyclic) bond motifs is 1. The van der Waals surface area contributed by atoms with Gasteiger partial charge < -0.3 is 15.0 Å². The van der Waals surface area contributed by atoms with E-state index in [1.807, 2.05) is 0 Å². The number of aromatic nitrogens is 3. The smallest absolute Gasteiger partial charge is 0.433 e. The van der Waals surface area contributed by atoms with Crippen LogP contribution in [0.2, 0.25) is 0 Å². The van der Waals surface area contributed by atoms with E-state index in [2.05, 4.69) is 20.1 Å². The lowest BCUT2D eigenvalue weighted by atomic mass is 10.2. The summed E-state index contributed by atoms with van der Waals surface area (Å²) in [4.78, 5) is 29.6. The number of nitrogens with zero attached hydrogens (tertiary/aromatic N) is 5. The third kappa shape index (κ3) is 7.46. The second-order valence-corrected chi connectivity index (χ2v) is 12.7. The van der Waals surface area contributed by atoms with Crippen LogP contribution in [-0.4, -0.2) is 65.5 Å². The molecule has 252 valence electrons. The van der Waals surface area contributed by atoms with Gasteiger partial charge in [-0.25, -0.2) is 13.4 Å². The minimum Gasteiger partial charge on any atom is -0.435 e. The Morgan fingerprint density at radius 3 is 2.26 bits per heavy atom. The van der Waals surface area contributed by atoms with Gasteiger partial charge in [-0.3, -0.25) is 9.59 Å². The number of hydrogen-bond donors (Lipinski definition) is 1. The first-order chi connectivity index (χ1) is 21.9. The van der Waals surface area contributed by atoms with Crippen molar-refractivity contribution in [2.24, 2.45) is 0 Å². The van der Waals surface area contributed by atoms with Gasteiger partial charge >= 0.3 is 19.0 Å². The van der Waals surface area contributed by atoms with Crippen molar-refractivity contribution < 1.29 is 53.1 Å². The molecular weight excluding hydrogens is 692 g/mol. The largest absolute Gasteiger partial charge is 0.435 e. The highest BCUT2D eigenvalue weighted by Crippen LogP contribution is 2.33. The number of rotatable bonds is 8. The maximum absolute atomic E-state index is 13.6. The van der Waals surface area contributed by atoms with E-state index in [-0.39, 0.29) is 30.0 Å². The highest BCUT2D eigenvalue weighted by atomic mass is 32.2. The molecule has 0 radical (unpaired) electrons. The summed E-state index contributed by atoms with van der Waals surface area (Å²) in [5.41, 5.74) is -3.28. The van der Waals surface area contributed by atoms with Crippen LogP contribution in [0, 0.1) is 0 Å². The number of anilines is 1. The highest BCUT2D eigenvalue weighted by Gasteiger charge is 2.42. The SMILES string of the molecule is O=C(NCc1ccc(OC(F)F)cc1)[C@H]1CN(c2nn3c(=O)cc(C(F)(F)F)nc3s2)CCN1S(=O)(=O)c1ccc(C(F)(F)F)cc1. The Morgan fingerprint density at radius 2 is 1.66 bits per heavy atom. The predicted octanol–water partition coefficient (Wildman–Crippen LogP) is 3.99. The standard InChI is InChI=1S/C26H20F8N6O5S2/c27-22(28)45-16-5-1-14(2-6-16)12-35-21(42)18-13-38(24-37-40-20(41)11-19(26(32,33)34)36-23(40)46-24)9-10-39(18)47(43,44)17-7-3-15(4-8-17)25(29,30)31/h1-8,11,18,22H,9-10,12-13H2,(H,35,42)/t18-/m1/s1. The average Bonchev–Trinajstić information content (AvgIpc) is 3.44. The number of alkyl halides is 8. The number of benzene rings is 2. The minimum atomic E-state index is -4.92. The number of halogens is 8. The van der Waals surface area contributed by atoms with Crippen molar-refractivity contribution in [3.63, 3.8) is 0 Å². The lowest BCUT2D eigenvalue weighted by Crippen LogP contribution is -2.60. The number of carbonyl (C=O) groups excluding carboxylic acids is 1. The summed E-state index contributed by atoms with van der Waals surface area (Å²) in [6.07, 6.45) is -9.66. The lowest BCUT2D eigenvalue weighted by molar-refractivity contribution is -0.141. The summed E-state index contributed by atoms with van der Waals surface area (Å²) >= 11 is 0.582. The molecule has 1 aliphatic heterocycles. The molecule has 3 heterocycles. The molecule has 0 spiro atoms. The van der Waals surface area contributed by atoms with E-state index in [0.717, 1.165) is 16.4 Å². The molecule has 21 heteroatoms. The van der Waals surface area contributed by atoms with Crippen LogP contribution < -0.4 is 20.5 Å².